The lowest BCUT2D eigenvalue weighted by atomic mass is 10.0. The van der Waals surface area contributed by atoms with E-state index in [0.717, 1.165) is 51.9 Å². The molecular formula is C31H36N4O4. The summed E-state index contributed by atoms with van der Waals surface area (Å²) in [6, 6.07) is 17.5. The number of H-pyrrole nitrogens is 1. The molecule has 1 fully saturated rings. The first-order chi connectivity index (χ1) is 18.9. The Kier molecular flexibility index (Phi) is 8.14. The number of hydrogen-bond acceptors (Lipinski definition) is 6. The Morgan fingerprint density at radius 1 is 1.10 bits per heavy atom. The molecule has 2 unspecified atom stereocenters. The number of aliphatic hydroxyl groups is 1. The molecule has 4 N–H and O–H groups in total. The van der Waals surface area contributed by atoms with Crippen LogP contribution in [-0.4, -0.2) is 47.3 Å². The molecule has 2 aromatic heterocycles. The average molecular weight is 529 g/mol. The van der Waals surface area contributed by atoms with Crippen molar-refractivity contribution in [3.63, 3.8) is 0 Å². The van der Waals surface area contributed by atoms with Crippen LogP contribution < -0.4 is 20.1 Å². The van der Waals surface area contributed by atoms with Crippen molar-refractivity contribution in [3.05, 3.63) is 88.9 Å². The number of carbonyl (C=O) groups excluding carboxylic acids is 1. The molecule has 0 bridgehead atoms. The van der Waals surface area contributed by atoms with E-state index in [-0.39, 0.29) is 18.6 Å². The van der Waals surface area contributed by atoms with Gasteiger partial charge in [0.1, 0.15) is 29.9 Å². The van der Waals surface area contributed by atoms with Crippen LogP contribution in [-0.2, 0) is 6.54 Å². The first-order valence-electron chi connectivity index (χ1n) is 13.4. The number of ether oxygens (including phenoxy) is 2. The quantitative estimate of drug-likeness (QED) is 0.214. The molecule has 8 nitrogen and oxygen atoms in total. The van der Waals surface area contributed by atoms with Gasteiger partial charge in [0.25, 0.3) is 5.91 Å². The van der Waals surface area contributed by atoms with Gasteiger partial charge in [-0.3, -0.25) is 9.78 Å². The summed E-state index contributed by atoms with van der Waals surface area (Å²) in [7, 11) is 1.64. The average Bonchev–Trinajstić information content (AvgIpc) is 3.68. The zero-order chi connectivity index (χ0) is 27.4. The van der Waals surface area contributed by atoms with Crippen molar-refractivity contribution in [2.75, 3.05) is 20.3 Å². The van der Waals surface area contributed by atoms with Crippen molar-refractivity contribution in [1.29, 1.82) is 0 Å². The molecule has 0 saturated heterocycles. The van der Waals surface area contributed by atoms with E-state index in [4.69, 9.17) is 9.47 Å². The highest BCUT2D eigenvalue weighted by molar-refractivity contribution is 5.98. The predicted octanol–water partition coefficient (Wildman–Crippen LogP) is 4.60. The van der Waals surface area contributed by atoms with Crippen LogP contribution in [0.4, 0.5) is 0 Å². The minimum Gasteiger partial charge on any atom is -0.497 e. The standard InChI is InChI=1S/C31H36N4O4/c1-19-6-4-8-23-14-27(34-28(19)23)31(37)35-30(22-10-11-22)29-20(2)12-26(17-33-29)39-18-24(36)16-32-15-21-7-5-9-25(13-21)38-3/h4-9,12-14,17,22,24,30,32,34,36H,10-11,15-16,18H2,1-3H3,(H,35,37). The van der Waals surface area contributed by atoms with Crippen LogP contribution in [0.15, 0.2) is 60.8 Å². The van der Waals surface area contributed by atoms with Gasteiger partial charge in [0.05, 0.1) is 25.0 Å². The molecule has 0 aliphatic heterocycles. The number of pyridine rings is 1. The Hall–Kier alpha value is -3.88. The lowest BCUT2D eigenvalue weighted by molar-refractivity contribution is 0.0926. The van der Waals surface area contributed by atoms with Gasteiger partial charge < -0.3 is 30.2 Å². The first-order valence-corrected chi connectivity index (χ1v) is 13.4. The highest BCUT2D eigenvalue weighted by Crippen LogP contribution is 2.41. The van der Waals surface area contributed by atoms with Crippen molar-refractivity contribution < 1.29 is 19.4 Å². The van der Waals surface area contributed by atoms with E-state index in [0.29, 0.717) is 30.5 Å². The Morgan fingerprint density at radius 2 is 1.92 bits per heavy atom. The SMILES string of the molecule is COc1cccc(CNCC(O)COc2cnc(C(NC(=O)c3cc4cccc(C)c4[nH]3)C3CC3)c(C)c2)c1. The number of para-hydroxylation sites is 1. The van der Waals surface area contributed by atoms with E-state index in [1.165, 1.54) is 0 Å². The molecule has 2 heterocycles. The maximum Gasteiger partial charge on any atom is 0.268 e. The fraction of sp³-hybridized carbons (Fsp3) is 0.355. The number of nitrogens with one attached hydrogen (secondary N) is 3. The molecule has 4 aromatic rings. The number of fused-ring (bicyclic) bond motifs is 1. The summed E-state index contributed by atoms with van der Waals surface area (Å²) in [6.45, 7) is 5.17. The van der Waals surface area contributed by atoms with E-state index in [2.05, 4.69) is 20.6 Å². The van der Waals surface area contributed by atoms with Crippen LogP contribution in [0.1, 0.15) is 51.8 Å². The van der Waals surface area contributed by atoms with Crippen LogP contribution >= 0.6 is 0 Å². The third kappa shape index (κ3) is 6.58. The van der Waals surface area contributed by atoms with E-state index in [9.17, 15) is 9.90 Å². The van der Waals surface area contributed by atoms with E-state index >= 15 is 0 Å². The largest absolute Gasteiger partial charge is 0.497 e. The molecule has 1 aliphatic rings. The molecule has 204 valence electrons. The number of aromatic amines is 1. The van der Waals surface area contributed by atoms with Crippen LogP contribution in [0.3, 0.4) is 0 Å². The van der Waals surface area contributed by atoms with Gasteiger partial charge in [-0.25, -0.2) is 0 Å². The first kappa shape index (κ1) is 26.7. The molecule has 2 atom stereocenters. The zero-order valence-electron chi connectivity index (χ0n) is 22.7. The molecule has 8 heteroatoms. The molecule has 1 aliphatic carbocycles. The summed E-state index contributed by atoms with van der Waals surface area (Å²) in [5.74, 6) is 1.64. The van der Waals surface area contributed by atoms with Gasteiger partial charge >= 0.3 is 0 Å². The van der Waals surface area contributed by atoms with Crippen molar-refractivity contribution in [3.8, 4) is 11.5 Å². The van der Waals surface area contributed by atoms with Gasteiger partial charge in [0, 0.05) is 24.0 Å². The molecular weight excluding hydrogens is 492 g/mol. The van der Waals surface area contributed by atoms with Gasteiger partial charge in [-0.15, -0.1) is 0 Å². The number of benzene rings is 2. The van der Waals surface area contributed by atoms with Crippen LogP contribution in [0.5, 0.6) is 11.5 Å². The number of nitrogens with zero attached hydrogens (tertiary/aromatic N) is 1. The van der Waals surface area contributed by atoms with E-state index in [1.54, 1.807) is 13.3 Å². The number of amides is 1. The van der Waals surface area contributed by atoms with Gasteiger partial charge in [-0.2, -0.15) is 0 Å². The molecule has 0 radical (unpaired) electrons. The summed E-state index contributed by atoms with van der Waals surface area (Å²) in [5.41, 5.74) is 5.52. The summed E-state index contributed by atoms with van der Waals surface area (Å²) in [6.07, 6.45) is 3.12. The van der Waals surface area contributed by atoms with E-state index in [1.807, 2.05) is 68.4 Å². The third-order valence-electron chi connectivity index (χ3n) is 7.16. The number of aromatic nitrogens is 2. The third-order valence-corrected chi connectivity index (χ3v) is 7.16. The van der Waals surface area contributed by atoms with Crippen LogP contribution in [0, 0.1) is 19.8 Å². The van der Waals surface area contributed by atoms with Gasteiger partial charge in [-0.05, 0) is 73.6 Å². The zero-order valence-corrected chi connectivity index (χ0v) is 22.7. The Balaban J connectivity index is 1.16. The van der Waals surface area contributed by atoms with Crippen molar-refractivity contribution in [2.24, 2.45) is 5.92 Å². The summed E-state index contributed by atoms with van der Waals surface area (Å²) in [4.78, 5) is 21.1. The van der Waals surface area contributed by atoms with Crippen molar-refractivity contribution in [1.82, 2.24) is 20.6 Å². The fourth-order valence-electron chi connectivity index (χ4n) is 4.87. The Labute approximate surface area is 228 Å². The normalized spacial score (nSPS) is 14.7. The lowest BCUT2D eigenvalue weighted by Gasteiger charge is -2.20. The van der Waals surface area contributed by atoms with Crippen molar-refractivity contribution >= 4 is 16.8 Å². The second-order valence-corrected chi connectivity index (χ2v) is 10.3. The van der Waals surface area contributed by atoms with Crippen LogP contribution in [0.25, 0.3) is 10.9 Å². The Bertz CT molecular complexity index is 1450. The molecule has 0 spiro atoms. The predicted molar refractivity (Wildman–Crippen MR) is 151 cm³/mol. The molecule has 1 saturated carbocycles. The van der Waals surface area contributed by atoms with E-state index < -0.39 is 6.10 Å². The summed E-state index contributed by atoms with van der Waals surface area (Å²) >= 11 is 0. The lowest BCUT2D eigenvalue weighted by Crippen LogP contribution is -2.32. The highest BCUT2D eigenvalue weighted by Gasteiger charge is 2.35. The molecule has 39 heavy (non-hydrogen) atoms. The summed E-state index contributed by atoms with van der Waals surface area (Å²) < 4.78 is 11.1. The number of rotatable bonds is 12. The fourth-order valence-corrected chi connectivity index (χ4v) is 4.87. The number of aryl methyl sites for hydroxylation is 2. The smallest absolute Gasteiger partial charge is 0.268 e. The molecule has 2 aromatic carbocycles. The summed E-state index contributed by atoms with van der Waals surface area (Å²) in [5, 5.41) is 17.9. The topological polar surface area (TPSA) is 108 Å². The molecule has 1 amide bonds. The van der Waals surface area contributed by atoms with Gasteiger partial charge in [-0.1, -0.05) is 30.3 Å². The minimum absolute atomic E-state index is 0.131. The number of carbonyl (C=O) groups is 1. The number of hydrogen-bond donors (Lipinski definition) is 4. The van der Waals surface area contributed by atoms with Gasteiger partial charge in [0.2, 0.25) is 0 Å². The second-order valence-electron chi connectivity index (χ2n) is 10.3. The minimum atomic E-state index is -0.672. The monoisotopic (exact) mass is 528 g/mol. The maximum absolute atomic E-state index is 13.2. The second kappa shape index (κ2) is 11.9. The maximum atomic E-state index is 13.2. The van der Waals surface area contributed by atoms with Crippen LogP contribution in [0.2, 0.25) is 0 Å². The number of aliphatic hydroxyl groups excluding tert-OH is 1. The molecule has 5 rings (SSSR count). The van der Waals surface area contributed by atoms with Gasteiger partial charge in [0.15, 0.2) is 0 Å². The van der Waals surface area contributed by atoms with Crippen molar-refractivity contribution in [2.45, 2.75) is 45.4 Å². The number of methoxy groups -OCH3 is 1. The highest BCUT2D eigenvalue weighted by atomic mass is 16.5. The Morgan fingerprint density at radius 3 is 2.67 bits per heavy atom.